The van der Waals surface area contributed by atoms with Crippen molar-refractivity contribution in [1.82, 2.24) is 0 Å². The molecular formula is C9H6KO9. The van der Waals surface area contributed by atoms with Crippen molar-refractivity contribution in [3.8, 4) is 0 Å². The first-order valence-electron chi connectivity index (χ1n) is 4.30. The topological polar surface area (TPSA) is 158 Å². The van der Waals surface area contributed by atoms with E-state index >= 15 is 0 Å². The molecule has 1 rings (SSSR count). The Hall–Kier alpha value is -1.20. The summed E-state index contributed by atoms with van der Waals surface area (Å²) in [5.74, 6) is -7.23. The van der Waals surface area contributed by atoms with Crippen LogP contribution in [0.15, 0.2) is 23.0 Å². The zero-order valence-corrected chi connectivity index (χ0v) is 12.6. The summed E-state index contributed by atoms with van der Waals surface area (Å²) in [5, 5.41) is 35.0. The number of carboxylic acids is 4. The molecule has 0 fully saturated rings. The number of carbonyl (C=O) groups is 4. The van der Waals surface area contributed by atoms with E-state index in [1.807, 2.05) is 0 Å². The molecule has 1 unspecified atom stereocenters. The van der Waals surface area contributed by atoms with E-state index in [0.29, 0.717) is 6.26 Å². The third-order valence-corrected chi connectivity index (χ3v) is 2.02. The Bertz CT molecular complexity index is 516. The number of ether oxygens (including phenoxy) is 1. The third-order valence-electron chi connectivity index (χ3n) is 2.02. The first kappa shape index (κ1) is 17.8. The van der Waals surface area contributed by atoms with Crippen LogP contribution in [0.5, 0.6) is 0 Å². The van der Waals surface area contributed by atoms with Crippen LogP contribution in [0.4, 0.5) is 0 Å². The van der Waals surface area contributed by atoms with Crippen molar-refractivity contribution >= 4 is 75.3 Å². The Kier molecular flexibility index (Phi) is 6.38. The van der Waals surface area contributed by atoms with Gasteiger partial charge in [0.05, 0.1) is 5.57 Å². The van der Waals surface area contributed by atoms with Crippen LogP contribution in [-0.4, -0.2) is 102 Å². The van der Waals surface area contributed by atoms with Gasteiger partial charge >= 0.3 is 23.9 Å². The van der Waals surface area contributed by atoms with Crippen LogP contribution in [0.25, 0.3) is 0 Å². The molecule has 10 heteroatoms. The molecule has 1 aliphatic rings. The quantitative estimate of drug-likeness (QED) is 0.454. The molecule has 0 aromatic heterocycles. The Labute approximate surface area is 147 Å². The number of carboxylic acid groups (broad SMARTS) is 4. The smallest absolute Gasteiger partial charge is 0.349 e. The molecule has 0 bridgehead atoms. The summed E-state index contributed by atoms with van der Waals surface area (Å²) < 4.78 is 4.42. The Morgan fingerprint density at radius 2 is 1.47 bits per heavy atom. The van der Waals surface area contributed by atoms with Gasteiger partial charge in [0.15, 0.2) is 0 Å². The van der Waals surface area contributed by atoms with Gasteiger partial charge in [0.25, 0.3) is 0 Å². The molecule has 1 heterocycles. The Balaban J connectivity index is 0.00000324. The SMILES string of the molecule is O=C(O)C1=COC(C(=O)O)C(C(=O)O)=C1C(=O)O.[K]. The minimum Gasteiger partial charge on any atom is -0.480 e. The van der Waals surface area contributed by atoms with E-state index < -0.39 is 46.7 Å². The summed E-state index contributed by atoms with van der Waals surface area (Å²) in [7, 11) is 0. The van der Waals surface area contributed by atoms with Crippen LogP contribution in [-0.2, 0) is 23.9 Å². The molecule has 0 aromatic carbocycles. The van der Waals surface area contributed by atoms with Crippen molar-refractivity contribution in [2.45, 2.75) is 6.10 Å². The third kappa shape index (κ3) is 3.64. The molecule has 4 N–H and O–H groups in total. The normalized spacial score (nSPS) is 17.7. The van der Waals surface area contributed by atoms with Crippen LogP contribution >= 0.6 is 0 Å². The van der Waals surface area contributed by atoms with Gasteiger partial charge in [-0.1, -0.05) is 0 Å². The average Bonchev–Trinajstić information content (AvgIpc) is 2.26. The second-order valence-electron chi connectivity index (χ2n) is 3.09. The van der Waals surface area contributed by atoms with Gasteiger partial charge in [-0.15, -0.1) is 0 Å². The van der Waals surface area contributed by atoms with Crippen molar-refractivity contribution in [2.24, 2.45) is 0 Å². The number of rotatable bonds is 4. The summed E-state index contributed by atoms with van der Waals surface area (Å²) in [6.07, 6.45) is -1.67. The van der Waals surface area contributed by atoms with E-state index in [9.17, 15) is 19.2 Å². The van der Waals surface area contributed by atoms with E-state index in [2.05, 4.69) is 4.74 Å². The Morgan fingerprint density at radius 1 is 0.947 bits per heavy atom. The van der Waals surface area contributed by atoms with Crippen molar-refractivity contribution < 1.29 is 44.3 Å². The maximum Gasteiger partial charge on any atom is 0.349 e. The monoisotopic (exact) mass is 297 g/mol. The van der Waals surface area contributed by atoms with Gasteiger partial charge in [0, 0.05) is 51.4 Å². The molecule has 0 aliphatic carbocycles. The molecular weight excluding hydrogens is 291 g/mol. The van der Waals surface area contributed by atoms with Crippen LogP contribution in [0.3, 0.4) is 0 Å². The molecule has 0 spiro atoms. The summed E-state index contributed by atoms with van der Waals surface area (Å²) >= 11 is 0. The maximum atomic E-state index is 10.9. The molecule has 1 aliphatic heterocycles. The fourth-order valence-corrected chi connectivity index (χ4v) is 1.33. The van der Waals surface area contributed by atoms with Gasteiger partial charge in [-0.2, -0.15) is 0 Å². The van der Waals surface area contributed by atoms with Crippen LogP contribution in [0.1, 0.15) is 0 Å². The van der Waals surface area contributed by atoms with Crippen LogP contribution in [0.2, 0.25) is 0 Å². The molecule has 0 amide bonds. The second-order valence-corrected chi connectivity index (χ2v) is 3.09. The van der Waals surface area contributed by atoms with E-state index in [4.69, 9.17) is 20.4 Å². The van der Waals surface area contributed by atoms with E-state index in [-0.39, 0.29) is 51.4 Å². The second kappa shape index (κ2) is 6.82. The first-order chi connectivity index (χ1) is 8.27. The summed E-state index contributed by atoms with van der Waals surface area (Å²) in [6.45, 7) is 0. The molecule has 0 saturated heterocycles. The van der Waals surface area contributed by atoms with E-state index in [0.717, 1.165) is 0 Å². The number of aliphatic carboxylic acids is 4. The van der Waals surface area contributed by atoms with Gasteiger partial charge < -0.3 is 25.2 Å². The van der Waals surface area contributed by atoms with Gasteiger partial charge in [0.2, 0.25) is 6.10 Å². The zero-order valence-electron chi connectivity index (χ0n) is 9.48. The molecule has 97 valence electrons. The van der Waals surface area contributed by atoms with Crippen LogP contribution in [0, 0.1) is 0 Å². The standard InChI is InChI=1S/C9H6O9.K/c10-6(11)2-1-18-5(9(16)17)4(8(14)15)3(2)7(12)13;/h1,5H,(H,10,11)(H,12,13)(H,14,15)(H,16,17);. The van der Waals surface area contributed by atoms with Crippen molar-refractivity contribution in [1.29, 1.82) is 0 Å². The largest absolute Gasteiger partial charge is 0.480 e. The van der Waals surface area contributed by atoms with E-state index in [1.165, 1.54) is 0 Å². The predicted octanol–water partition coefficient (Wildman–Crippen LogP) is -1.48. The molecule has 0 saturated carbocycles. The fraction of sp³-hybridized carbons (Fsp3) is 0.111. The van der Waals surface area contributed by atoms with Gasteiger partial charge in [0.1, 0.15) is 17.4 Å². The minimum atomic E-state index is -2.07. The van der Waals surface area contributed by atoms with Crippen LogP contribution < -0.4 is 0 Å². The molecule has 9 nitrogen and oxygen atoms in total. The van der Waals surface area contributed by atoms with E-state index in [1.54, 1.807) is 0 Å². The molecule has 1 radical (unpaired) electrons. The maximum absolute atomic E-state index is 10.9. The molecule has 0 aromatic rings. The minimum absolute atomic E-state index is 0. The fourth-order valence-electron chi connectivity index (χ4n) is 1.33. The van der Waals surface area contributed by atoms with Crippen molar-refractivity contribution in [3.05, 3.63) is 23.0 Å². The number of hydrogen-bond donors (Lipinski definition) is 4. The summed E-state index contributed by atoms with van der Waals surface area (Å²) in [6, 6.07) is 0. The molecule has 19 heavy (non-hydrogen) atoms. The number of hydrogen-bond acceptors (Lipinski definition) is 5. The zero-order chi connectivity index (χ0) is 14.0. The Morgan fingerprint density at radius 3 is 1.79 bits per heavy atom. The summed E-state index contributed by atoms with van der Waals surface area (Å²) in [5.41, 5.74) is -3.19. The predicted molar refractivity (Wildman–Crippen MR) is 56.3 cm³/mol. The van der Waals surface area contributed by atoms with Gasteiger partial charge in [-0.05, 0) is 0 Å². The average molecular weight is 297 g/mol. The van der Waals surface area contributed by atoms with Gasteiger partial charge in [-0.25, -0.2) is 19.2 Å². The van der Waals surface area contributed by atoms with Gasteiger partial charge in [-0.3, -0.25) is 0 Å². The van der Waals surface area contributed by atoms with Crippen molar-refractivity contribution in [3.63, 3.8) is 0 Å². The van der Waals surface area contributed by atoms with Crippen molar-refractivity contribution in [2.75, 3.05) is 0 Å². The first-order valence-corrected chi connectivity index (χ1v) is 4.30. The summed E-state index contributed by atoms with van der Waals surface area (Å²) in [4.78, 5) is 43.2. The molecule has 1 atom stereocenters.